The maximum atomic E-state index is 14.9. The van der Waals surface area contributed by atoms with Crippen LogP contribution in [-0.4, -0.2) is 37.5 Å². The molecule has 1 aromatic heterocycles. The van der Waals surface area contributed by atoms with Crippen molar-refractivity contribution in [3.63, 3.8) is 0 Å². The molecule has 10 heteroatoms. The van der Waals surface area contributed by atoms with Crippen molar-refractivity contribution in [2.75, 3.05) is 25.7 Å². The number of carbonyl (C=O) groups excluding carboxylic acids is 2. The monoisotopic (exact) mass is 608 g/mol. The van der Waals surface area contributed by atoms with Crippen LogP contribution >= 0.6 is 0 Å². The van der Waals surface area contributed by atoms with Gasteiger partial charge in [-0.05, 0) is 54.4 Å². The zero-order valence-electron chi connectivity index (χ0n) is 24.3. The van der Waals surface area contributed by atoms with Gasteiger partial charge in [-0.2, -0.15) is 0 Å². The lowest BCUT2D eigenvalue weighted by molar-refractivity contribution is -0.126. The van der Waals surface area contributed by atoms with Crippen LogP contribution in [-0.2, 0) is 23.3 Å². The van der Waals surface area contributed by atoms with E-state index in [0.29, 0.717) is 22.7 Å². The number of fused-ring (bicyclic) bond motifs is 5. The number of amides is 2. The second-order valence-electron chi connectivity index (χ2n) is 10.9. The molecular weight excluding hydrogens is 582 g/mol. The Morgan fingerprint density at radius 2 is 1.60 bits per heavy atom. The summed E-state index contributed by atoms with van der Waals surface area (Å²) in [6.45, 7) is -0.152. The van der Waals surface area contributed by atoms with Crippen molar-refractivity contribution in [1.29, 1.82) is 0 Å². The van der Waals surface area contributed by atoms with Crippen LogP contribution in [0.5, 0.6) is 11.5 Å². The van der Waals surface area contributed by atoms with Gasteiger partial charge in [-0.15, -0.1) is 0 Å². The lowest BCUT2D eigenvalue weighted by Gasteiger charge is -2.34. The smallest absolute Gasteiger partial charge is 0.291 e. The van der Waals surface area contributed by atoms with Gasteiger partial charge in [0.2, 0.25) is 5.76 Å². The Balaban J connectivity index is 1.43. The summed E-state index contributed by atoms with van der Waals surface area (Å²) in [6, 6.07) is 21.7. The third-order valence-corrected chi connectivity index (χ3v) is 8.56. The van der Waals surface area contributed by atoms with E-state index in [0.717, 1.165) is 17.7 Å². The van der Waals surface area contributed by atoms with Crippen LogP contribution in [0.3, 0.4) is 0 Å². The average Bonchev–Trinajstić information content (AvgIpc) is 3.44. The summed E-state index contributed by atoms with van der Waals surface area (Å²) in [4.78, 5) is 46.2. The van der Waals surface area contributed by atoms with Gasteiger partial charge in [-0.1, -0.05) is 42.5 Å². The number of hydrogen-bond donors (Lipinski definition) is 0. The Bertz CT molecular complexity index is 2090. The summed E-state index contributed by atoms with van der Waals surface area (Å²) in [5.41, 5.74) is -0.976. The molecule has 1 spiro atoms. The molecule has 0 saturated heterocycles. The quantitative estimate of drug-likeness (QED) is 0.240. The van der Waals surface area contributed by atoms with E-state index in [4.69, 9.17) is 13.9 Å². The van der Waals surface area contributed by atoms with Gasteiger partial charge in [0.05, 0.1) is 37.4 Å². The fraction of sp³-hybridized carbons (Fsp3) is 0.171. The van der Waals surface area contributed by atoms with Crippen molar-refractivity contribution in [2.24, 2.45) is 0 Å². The molecule has 2 aliphatic rings. The molecular formula is C35H26F2N2O6. The van der Waals surface area contributed by atoms with E-state index in [9.17, 15) is 23.2 Å². The van der Waals surface area contributed by atoms with E-state index in [1.54, 1.807) is 54.6 Å². The first kappa shape index (κ1) is 28.3. The van der Waals surface area contributed by atoms with Gasteiger partial charge in [0, 0.05) is 17.7 Å². The Hall–Kier alpha value is -5.51. The largest absolute Gasteiger partial charge is 0.493 e. The maximum absolute atomic E-state index is 14.9. The lowest BCUT2D eigenvalue weighted by Crippen LogP contribution is -2.53. The summed E-state index contributed by atoms with van der Waals surface area (Å²) in [5, 5.41) is -0.0968. The van der Waals surface area contributed by atoms with Gasteiger partial charge in [0.25, 0.3) is 11.8 Å². The molecule has 0 N–H and O–H groups in total. The number of rotatable bonds is 7. The summed E-state index contributed by atoms with van der Waals surface area (Å²) in [7, 11) is 3.04. The van der Waals surface area contributed by atoms with Crippen molar-refractivity contribution in [3.8, 4) is 11.5 Å². The molecule has 1 atom stereocenters. The van der Waals surface area contributed by atoms with Crippen LogP contribution < -0.4 is 19.8 Å². The molecule has 0 radical (unpaired) electrons. The molecule has 8 nitrogen and oxygen atoms in total. The molecule has 226 valence electrons. The van der Waals surface area contributed by atoms with Crippen molar-refractivity contribution in [1.82, 2.24) is 4.90 Å². The predicted octanol–water partition coefficient (Wildman–Crippen LogP) is 5.58. The van der Waals surface area contributed by atoms with Gasteiger partial charge >= 0.3 is 0 Å². The normalized spacial score (nSPS) is 16.9. The van der Waals surface area contributed by atoms with Crippen LogP contribution in [0.2, 0.25) is 0 Å². The number of carbonyl (C=O) groups is 2. The molecule has 7 rings (SSSR count). The lowest BCUT2D eigenvalue weighted by atomic mass is 9.83. The Kier molecular flexibility index (Phi) is 6.65. The number of hydrogen-bond acceptors (Lipinski definition) is 6. The van der Waals surface area contributed by atoms with Crippen LogP contribution in [0.4, 0.5) is 14.5 Å². The van der Waals surface area contributed by atoms with Crippen LogP contribution in [0.1, 0.15) is 32.8 Å². The predicted molar refractivity (Wildman–Crippen MR) is 162 cm³/mol. The van der Waals surface area contributed by atoms with Gasteiger partial charge in [-0.25, -0.2) is 8.78 Å². The molecule has 0 aliphatic carbocycles. The Morgan fingerprint density at radius 3 is 2.38 bits per heavy atom. The fourth-order valence-corrected chi connectivity index (χ4v) is 6.49. The second-order valence-corrected chi connectivity index (χ2v) is 10.9. The number of halogens is 2. The van der Waals surface area contributed by atoms with Gasteiger partial charge < -0.3 is 23.7 Å². The Labute approximate surface area is 256 Å². The van der Waals surface area contributed by atoms with Gasteiger partial charge in [-0.3, -0.25) is 14.4 Å². The number of nitrogens with zero attached hydrogens (tertiary/aromatic N) is 2. The van der Waals surface area contributed by atoms with Gasteiger partial charge in [0.15, 0.2) is 22.5 Å². The highest BCUT2D eigenvalue weighted by Gasteiger charge is 2.64. The zero-order chi connectivity index (χ0) is 31.5. The minimum atomic E-state index is -1.94. The first-order valence-corrected chi connectivity index (χ1v) is 14.2. The number of ether oxygens (including phenoxy) is 2. The van der Waals surface area contributed by atoms with E-state index >= 15 is 0 Å². The summed E-state index contributed by atoms with van der Waals surface area (Å²) >= 11 is 0. The van der Waals surface area contributed by atoms with Crippen LogP contribution in [0.15, 0.2) is 94.1 Å². The van der Waals surface area contributed by atoms with E-state index < -0.39 is 34.4 Å². The van der Waals surface area contributed by atoms with Gasteiger partial charge in [0.1, 0.15) is 17.2 Å². The number of anilines is 1. The van der Waals surface area contributed by atoms with E-state index in [1.807, 2.05) is 6.07 Å². The number of benzene rings is 4. The molecule has 2 amide bonds. The number of para-hydroxylation sites is 1. The van der Waals surface area contributed by atoms with Crippen molar-refractivity contribution < 1.29 is 32.3 Å². The highest BCUT2D eigenvalue weighted by molar-refractivity contribution is 6.17. The van der Waals surface area contributed by atoms with Crippen molar-refractivity contribution >= 4 is 28.5 Å². The molecule has 0 bridgehead atoms. The topological polar surface area (TPSA) is 89.3 Å². The van der Waals surface area contributed by atoms with E-state index in [1.165, 1.54) is 36.2 Å². The first-order valence-electron chi connectivity index (χ1n) is 14.2. The first-order chi connectivity index (χ1) is 21.8. The molecule has 3 heterocycles. The number of methoxy groups -OCH3 is 2. The summed E-state index contributed by atoms with van der Waals surface area (Å²) in [5.74, 6) is -1.72. The third kappa shape index (κ3) is 4.12. The second kappa shape index (κ2) is 10.6. The van der Waals surface area contributed by atoms with Crippen molar-refractivity contribution in [3.05, 3.63) is 135 Å². The van der Waals surface area contributed by atoms with Crippen molar-refractivity contribution in [2.45, 2.75) is 18.5 Å². The molecule has 1 unspecified atom stereocenters. The molecule has 0 fully saturated rings. The highest BCUT2D eigenvalue weighted by Crippen LogP contribution is 2.53. The molecule has 2 aliphatic heterocycles. The minimum Gasteiger partial charge on any atom is -0.493 e. The fourth-order valence-electron chi connectivity index (χ4n) is 6.49. The van der Waals surface area contributed by atoms with E-state index in [-0.39, 0.29) is 47.4 Å². The SMILES string of the molecule is COc1ccc(CCN2C(=O)c3oc4ccc(F)cc4c(=O)c3C23C(=O)N(Cc2ccccc2F)c2ccccc23)cc1OC. The molecule has 5 aromatic rings. The van der Waals surface area contributed by atoms with Crippen LogP contribution in [0.25, 0.3) is 11.0 Å². The van der Waals surface area contributed by atoms with E-state index in [2.05, 4.69) is 0 Å². The Morgan fingerprint density at radius 1 is 0.844 bits per heavy atom. The summed E-state index contributed by atoms with van der Waals surface area (Å²) in [6.07, 6.45) is 0.271. The molecule has 45 heavy (non-hydrogen) atoms. The third-order valence-electron chi connectivity index (χ3n) is 8.56. The minimum absolute atomic E-state index is 0.00370. The standard InChI is InChI=1S/C35H26F2N2O6/c1-43-28-13-11-20(17-29(28)44-2)15-16-39-33(41)32-30(31(40)23-18-22(36)12-14-27(23)45-32)35(39)24-8-4-6-10-26(24)38(34(35)42)19-21-7-3-5-9-25(21)37/h3-14,17-18H,15-16,19H2,1-2H3. The molecule has 0 saturated carbocycles. The van der Waals surface area contributed by atoms with Crippen LogP contribution in [0, 0.1) is 11.6 Å². The summed E-state index contributed by atoms with van der Waals surface area (Å²) < 4.78 is 46.0. The molecule has 4 aromatic carbocycles. The highest BCUT2D eigenvalue weighted by atomic mass is 19.1. The average molecular weight is 609 g/mol. The zero-order valence-corrected chi connectivity index (χ0v) is 24.3. The maximum Gasteiger partial charge on any atom is 0.291 e.